The summed E-state index contributed by atoms with van der Waals surface area (Å²) >= 11 is 0. The number of rotatable bonds is 7. The summed E-state index contributed by atoms with van der Waals surface area (Å²) in [7, 11) is 3.27. The summed E-state index contributed by atoms with van der Waals surface area (Å²) in [6, 6.07) is 5.80. The third-order valence-electron chi connectivity index (χ3n) is 3.25. The Hall–Kier alpha value is -2.16. The van der Waals surface area contributed by atoms with Crippen molar-refractivity contribution >= 4 is 5.69 Å². The van der Waals surface area contributed by atoms with Crippen molar-refractivity contribution in [1.29, 1.82) is 0 Å². The quantitative estimate of drug-likeness (QED) is 0.744. The molecular weight excluding hydrogens is 262 g/mol. The molecule has 0 spiro atoms. The third-order valence-corrected chi connectivity index (χ3v) is 3.25. The fourth-order valence-electron chi connectivity index (χ4n) is 1.66. The maximum atomic E-state index is 5.29. The van der Waals surface area contributed by atoms with Gasteiger partial charge in [0, 0.05) is 18.3 Å². The van der Waals surface area contributed by atoms with Crippen LogP contribution in [-0.2, 0) is 0 Å². The van der Waals surface area contributed by atoms with Crippen molar-refractivity contribution in [2.45, 2.75) is 20.8 Å². The first-order valence-corrected chi connectivity index (χ1v) is 6.93. The van der Waals surface area contributed by atoms with E-state index in [1.807, 2.05) is 25.1 Å². The van der Waals surface area contributed by atoms with Crippen molar-refractivity contribution in [3.8, 4) is 11.5 Å². The van der Waals surface area contributed by atoms with Crippen LogP contribution >= 0.6 is 0 Å². The van der Waals surface area contributed by atoms with Gasteiger partial charge in [-0.3, -0.25) is 0 Å². The van der Waals surface area contributed by atoms with Crippen LogP contribution in [0.3, 0.4) is 0 Å². The summed E-state index contributed by atoms with van der Waals surface area (Å²) in [4.78, 5) is 0. The van der Waals surface area contributed by atoms with Crippen LogP contribution in [0.5, 0.6) is 11.5 Å². The fraction of sp³-hybridized carbons (Fsp3) is 0.333. The Morgan fingerprint density at radius 2 is 1.76 bits per heavy atom. The van der Waals surface area contributed by atoms with E-state index in [0.29, 0.717) is 0 Å². The molecule has 0 bridgehead atoms. The van der Waals surface area contributed by atoms with Gasteiger partial charge in [0.15, 0.2) is 11.5 Å². The number of hydrogen-bond acceptors (Lipinski definition) is 3. The Bertz CT molecular complexity index is 556. The van der Waals surface area contributed by atoms with E-state index >= 15 is 0 Å². The molecule has 0 aliphatic carbocycles. The van der Waals surface area contributed by atoms with Crippen LogP contribution in [0.25, 0.3) is 0 Å². The first-order chi connectivity index (χ1) is 9.97. The van der Waals surface area contributed by atoms with Crippen LogP contribution in [0.2, 0.25) is 0 Å². The zero-order valence-corrected chi connectivity index (χ0v) is 13.6. The highest BCUT2D eigenvalue weighted by Crippen LogP contribution is 2.29. The van der Waals surface area contributed by atoms with Gasteiger partial charge in [-0.25, -0.2) is 0 Å². The van der Waals surface area contributed by atoms with Crippen molar-refractivity contribution in [2.75, 3.05) is 26.1 Å². The van der Waals surface area contributed by atoms with Gasteiger partial charge < -0.3 is 14.8 Å². The van der Waals surface area contributed by atoms with E-state index in [4.69, 9.17) is 9.47 Å². The van der Waals surface area contributed by atoms with Crippen molar-refractivity contribution in [1.82, 2.24) is 0 Å². The van der Waals surface area contributed by atoms with Gasteiger partial charge in [0.05, 0.1) is 14.2 Å². The number of hydrogen-bond donors (Lipinski definition) is 1. The highest BCUT2D eigenvalue weighted by atomic mass is 16.5. The lowest BCUT2D eigenvalue weighted by atomic mass is 10.1. The summed E-state index contributed by atoms with van der Waals surface area (Å²) < 4.78 is 10.5. The van der Waals surface area contributed by atoms with Crippen LogP contribution < -0.4 is 14.8 Å². The van der Waals surface area contributed by atoms with Crippen LogP contribution in [0, 0.1) is 0 Å². The number of nitrogens with one attached hydrogen (secondary N) is 1. The van der Waals surface area contributed by atoms with Gasteiger partial charge in [-0.15, -0.1) is 0 Å². The Morgan fingerprint density at radius 3 is 2.33 bits per heavy atom. The van der Waals surface area contributed by atoms with Gasteiger partial charge in [0.2, 0.25) is 0 Å². The summed E-state index contributed by atoms with van der Waals surface area (Å²) in [6.45, 7) is 10.9. The Balaban J connectivity index is 2.69. The molecule has 1 rings (SSSR count). The molecule has 0 heterocycles. The summed E-state index contributed by atoms with van der Waals surface area (Å²) in [5, 5.41) is 3.37. The average molecular weight is 287 g/mol. The normalized spacial score (nSPS) is 12.0. The minimum absolute atomic E-state index is 0.724. The zero-order valence-electron chi connectivity index (χ0n) is 13.6. The monoisotopic (exact) mass is 287 g/mol. The molecule has 1 aromatic rings. The number of allylic oxidation sites excluding steroid dienone is 4. The van der Waals surface area contributed by atoms with Crippen LogP contribution in [0.15, 0.2) is 53.6 Å². The van der Waals surface area contributed by atoms with Gasteiger partial charge in [-0.2, -0.15) is 0 Å². The second-order valence-corrected chi connectivity index (χ2v) is 5.07. The molecule has 0 atom stereocenters. The molecule has 114 valence electrons. The standard InChI is InChI=1S/C18H25NO2/c1-13(2)15(4)8-7-14(3)12-19-16-9-10-17(20-5)18(11-16)21-6/h7-11,19H,1,12H2,2-6H3/b14-7+,15-8+. The number of methoxy groups -OCH3 is 2. The second-order valence-electron chi connectivity index (χ2n) is 5.07. The highest BCUT2D eigenvalue weighted by Gasteiger charge is 2.03. The van der Waals surface area contributed by atoms with Crippen LogP contribution in [0.1, 0.15) is 20.8 Å². The predicted molar refractivity (Wildman–Crippen MR) is 90.4 cm³/mol. The van der Waals surface area contributed by atoms with Crippen molar-refractivity contribution in [3.63, 3.8) is 0 Å². The van der Waals surface area contributed by atoms with E-state index in [0.717, 1.165) is 29.3 Å². The molecule has 1 aromatic carbocycles. The molecule has 21 heavy (non-hydrogen) atoms. The van der Waals surface area contributed by atoms with Gasteiger partial charge in [0.25, 0.3) is 0 Å². The molecule has 0 aromatic heterocycles. The maximum Gasteiger partial charge on any atom is 0.162 e. The molecule has 3 nitrogen and oxygen atoms in total. The number of anilines is 1. The predicted octanol–water partition coefficient (Wildman–Crippen LogP) is 4.58. The Labute approximate surface area is 128 Å². The third kappa shape index (κ3) is 5.38. The lowest BCUT2D eigenvalue weighted by molar-refractivity contribution is 0.355. The molecule has 0 radical (unpaired) electrons. The largest absolute Gasteiger partial charge is 0.493 e. The van der Waals surface area contributed by atoms with Gasteiger partial charge >= 0.3 is 0 Å². The maximum absolute atomic E-state index is 5.29. The van der Waals surface area contributed by atoms with E-state index in [1.54, 1.807) is 14.2 Å². The molecule has 0 fully saturated rings. The van der Waals surface area contributed by atoms with Crippen LogP contribution in [0.4, 0.5) is 5.69 Å². The van der Waals surface area contributed by atoms with E-state index in [9.17, 15) is 0 Å². The SMILES string of the molecule is C=C(C)/C(C)=C/C=C(\C)CNc1ccc(OC)c(OC)c1. The minimum Gasteiger partial charge on any atom is -0.493 e. The van der Waals surface area contributed by atoms with E-state index in [-0.39, 0.29) is 0 Å². The molecule has 3 heteroatoms. The van der Waals surface area contributed by atoms with E-state index in [2.05, 4.69) is 37.9 Å². The van der Waals surface area contributed by atoms with Crippen molar-refractivity contribution < 1.29 is 9.47 Å². The minimum atomic E-state index is 0.724. The van der Waals surface area contributed by atoms with Gasteiger partial charge in [-0.05, 0) is 38.5 Å². The van der Waals surface area contributed by atoms with E-state index < -0.39 is 0 Å². The Kier molecular flexibility index (Phi) is 6.60. The number of benzene rings is 1. The molecule has 1 N–H and O–H groups in total. The molecule has 0 unspecified atom stereocenters. The number of ether oxygens (including phenoxy) is 2. The fourth-order valence-corrected chi connectivity index (χ4v) is 1.66. The first-order valence-electron chi connectivity index (χ1n) is 6.93. The molecule has 0 saturated heterocycles. The molecule has 0 saturated carbocycles. The summed E-state index contributed by atoms with van der Waals surface area (Å²) in [6.07, 6.45) is 4.20. The second kappa shape index (κ2) is 8.20. The van der Waals surface area contributed by atoms with Crippen molar-refractivity contribution in [2.24, 2.45) is 0 Å². The smallest absolute Gasteiger partial charge is 0.162 e. The topological polar surface area (TPSA) is 30.5 Å². The first kappa shape index (κ1) is 16.9. The lowest BCUT2D eigenvalue weighted by Crippen LogP contribution is -2.03. The summed E-state index contributed by atoms with van der Waals surface area (Å²) in [5.41, 5.74) is 4.53. The molecule has 0 amide bonds. The average Bonchev–Trinajstić information content (AvgIpc) is 2.49. The molecule has 0 aliphatic heterocycles. The van der Waals surface area contributed by atoms with Crippen molar-refractivity contribution in [3.05, 3.63) is 53.6 Å². The lowest BCUT2D eigenvalue weighted by Gasteiger charge is -2.11. The van der Waals surface area contributed by atoms with Gasteiger partial charge in [-0.1, -0.05) is 29.9 Å². The van der Waals surface area contributed by atoms with Crippen LogP contribution in [-0.4, -0.2) is 20.8 Å². The molecular formula is C18H25NO2. The van der Waals surface area contributed by atoms with E-state index in [1.165, 1.54) is 11.1 Å². The summed E-state index contributed by atoms with van der Waals surface area (Å²) in [5.74, 6) is 1.46. The zero-order chi connectivity index (χ0) is 15.8. The Morgan fingerprint density at radius 1 is 1.10 bits per heavy atom. The molecule has 0 aliphatic rings. The highest BCUT2D eigenvalue weighted by molar-refractivity contribution is 5.55. The van der Waals surface area contributed by atoms with Gasteiger partial charge in [0.1, 0.15) is 0 Å².